The van der Waals surface area contributed by atoms with Gasteiger partial charge in [0.1, 0.15) is 18.2 Å². The second-order valence-corrected chi connectivity index (χ2v) is 12.5. The zero-order chi connectivity index (χ0) is 32.3. The highest BCUT2D eigenvalue weighted by Gasteiger charge is 2.43. The van der Waals surface area contributed by atoms with Crippen LogP contribution in [0, 0.1) is 11.8 Å². The summed E-state index contributed by atoms with van der Waals surface area (Å²) in [5.74, 6) is -2.86. The molecule has 4 rings (SSSR count). The minimum atomic E-state index is -1.07. The fourth-order valence-electron chi connectivity index (χ4n) is 6.25. The largest absolute Gasteiger partial charge is 0.464 e. The Labute approximate surface area is 265 Å². The summed E-state index contributed by atoms with van der Waals surface area (Å²) in [7, 11) is 0. The molecule has 4 unspecified atom stereocenters. The van der Waals surface area contributed by atoms with Crippen LogP contribution in [0.25, 0.3) is 0 Å². The summed E-state index contributed by atoms with van der Waals surface area (Å²) in [5, 5.41) is 0. The van der Waals surface area contributed by atoms with E-state index in [0.717, 1.165) is 5.56 Å². The summed E-state index contributed by atoms with van der Waals surface area (Å²) in [6.45, 7) is 8.12. The Balaban J connectivity index is 1.59. The van der Waals surface area contributed by atoms with Gasteiger partial charge in [-0.2, -0.15) is 0 Å². The third kappa shape index (κ3) is 9.42. The molecule has 2 bridgehead atoms. The summed E-state index contributed by atoms with van der Waals surface area (Å²) in [4.78, 5) is 71.9. The Morgan fingerprint density at radius 3 is 2.56 bits per heavy atom. The highest BCUT2D eigenvalue weighted by molar-refractivity contribution is 6.38. The van der Waals surface area contributed by atoms with Crippen molar-refractivity contribution in [3.05, 3.63) is 54.4 Å². The lowest BCUT2D eigenvalue weighted by Crippen LogP contribution is -2.53. The van der Waals surface area contributed by atoms with E-state index in [2.05, 4.69) is 11.6 Å². The van der Waals surface area contributed by atoms with E-state index in [-0.39, 0.29) is 50.0 Å². The molecular formula is C35H46N2O8. The number of pyridine rings is 1. The predicted molar refractivity (Wildman–Crippen MR) is 166 cm³/mol. The summed E-state index contributed by atoms with van der Waals surface area (Å²) in [5.41, 5.74) is 1.66. The van der Waals surface area contributed by atoms with Crippen LogP contribution in [-0.2, 0) is 44.6 Å². The second-order valence-electron chi connectivity index (χ2n) is 12.5. The topological polar surface area (TPSA) is 129 Å². The summed E-state index contributed by atoms with van der Waals surface area (Å²) < 4.78 is 17.3. The number of hydrogen-bond donors (Lipinski definition) is 0. The van der Waals surface area contributed by atoms with Gasteiger partial charge in [0.15, 0.2) is 11.9 Å². The Morgan fingerprint density at radius 2 is 1.80 bits per heavy atom. The van der Waals surface area contributed by atoms with Gasteiger partial charge in [-0.05, 0) is 93.2 Å². The van der Waals surface area contributed by atoms with Crippen molar-refractivity contribution >= 4 is 29.4 Å². The minimum Gasteiger partial charge on any atom is -0.464 e. The fourth-order valence-corrected chi connectivity index (χ4v) is 6.25. The zero-order valence-corrected chi connectivity index (χ0v) is 26.5. The number of esters is 2. The highest BCUT2D eigenvalue weighted by atomic mass is 16.6. The first kappa shape index (κ1) is 34.2. The van der Waals surface area contributed by atoms with Crippen molar-refractivity contribution in [2.45, 2.75) is 109 Å². The van der Waals surface area contributed by atoms with Gasteiger partial charge in [-0.1, -0.05) is 32.1 Å². The van der Waals surface area contributed by atoms with Gasteiger partial charge in [0.2, 0.25) is 5.78 Å². The van der Waals surface area contributed by atoms with Crippen molar-refractivity contribution in [2.24, 2.45) is 11.8 Å². The SMILES string of the molecule is C=CCC1=CC(C)CCOC(=O)C2CC[C@@H](O2)C(=O)C(=O)N2CCCC[C@H]2C(=O)OC(CCc2cccnc2)C(C)CCC1=O. The van der Waals surface area contributed by atoms with Gasteiger partial charge in [0.25, 0.3) is 5.91 Å². The molecule has 6 atom stereocenters. The number of ether oxygens (including phenoxy) is 3. The number of cyclic esters (lactones) is 2. The van der Waals surface area contributed by atoms with Gasteiger partial charge in [-0.25, -0.2) is 9.59 Å². The van der Waals surface area contributed by atoms with Crippen molar-refractivity contribution < 1.29 is 38.2 Å². The highest BCUT2D eigenvalue weighted by Crippen LogP contribution is 2.27. The molecule has 0 N–H and O–H groups in total. The molecule has 2 fully saturated rings. The Morgan fingerprint density at radius 1 is 1.00 bits per heavy atom. The van der Waals surface area contributed by atoms with Crippen molar-refractivity contribution in [3.63, 3.8) is 0 Å². The van der Waals surface area contributed by atoms with E-state index in [1.807, 2.05) is 32.1 Å². The van der Waals surface area contributed by atoms with Gasteiger partial charge >= 0.3 is 11.9 Å². The number of Topliss-reactive ketones (excluding diaryl/α,β-unsaturated/α-hetero) is 2. The van der Waals surface area contributed by atoms with Gasteiger partial charge in [-0.3, -0.25) is 19.4 Å². The Bertz CT molecular complexity index is 1260. The van der Waals surface area contributed by atoms with E-state index in [9.17, 15) is 24.0 Å². The molecule has 1 amide bonds. The monoisotopic (exact) mass is 622 g/mol. The molecule has 10 heteroatoms. The third-order valence-electron chi connectivity index (χ3n) is 9.02. The maximum Gasteiger partial charge on any atom is 0.335 e. The Kier molecular flexibility index (Phi) is 12.6. The standard InChI is InChI=1S/C35H46N2O8/c1-4-8-26-21-23(2)17-20-43-35(42)31-16-15-30(44-31)32(39)33(40)37-19-6-5-10-27(37)34(41)45-29(24(3)11-13-28(26)38)14-12-25-9-7-18-36-22-25/h4,7,9,18,21-24,27,29-31H,1,5-6,8,10-17,19-20H2,2-3H3/t23?,24?,27-,29?,30+,31?/m0/s1. The summed E-state index contributed by atoms with van der Waals surface area (Å²) in [6.07, 6.45) is 9.65. The molecular weight excluding hydrogens is 576 g/mol. The zero-order valence-electron chi connectivity index (χ0n) is 26.5. The van der Waals surface area contributed by atoms with Crippen LogP contribution in [0.5, 0.6) is 0 Å². The summed E-state index contributed by atoms with van der Waals surface area (Å²) >= 11 is 0. The number of aryl methyl sites for hydroxylation is 1. The Hall–Kier alpha value is -3.66. The van der Waals surface area contributed by atoms with Gasteiger partial charge in [0.05, 0.1) is 6.61 Å². The molecule has 3 aliphatic heterocycles. The smallest absolute Gasteiger partial charge is 0.335 e. The normalized spacial score (nSPS) is 29.6. The summed E-state index contributed by atoms with van der Waals surface area (Å²) in [6, 6.07) is 2.92. The number of amides is 1. The average Bonchev–Trinajstić information content (AvgIpc) is 3.55. The number of nitrogens with zero attached hydrogens (tertiary/aromatic N) is 2. The minimum absolute atomic E-state index is 0.00165. The first-order valence-electron chi connectivity index (χ1n) is 16.3. The molecule has 4 heterocycles. The molecule has 0 spiro atoms. The molecule has 45 heavy (non-hydrogen) atoms. The quantitative estimate of drug-likeness (QED) is 0.265. The number of allylic oxidation sites excluding steroid dienone is 3. The third-order valence-corrected chi connectivity index (χ3v) is 9.02. The van der Waals surface area contributed by atoms with E-state index in [1.54, 1.807) is 18.5 Å². The van der Waals surface area contributed by atoms with E-state index in [1.165, 1.54) is 4.90 Å². The number of carbonyl (C=O) groups is 5. The van der Waals surface area contributed by atoms with Crippen LogP contribution in [0.4, 0.5) is 0 Å². The van der Waals surface area contributed by atoms with Gasteiger partial charge in [0, 0.05) is 25.4 Å². The number of hydrogen-bond acceptors (Lipinski definition) is 9. The van der Waals surface area contributed by atoms with Crippen molar-refractivity contribution in [3.8, 4) is 0 Å². The molecule has 2 saturated heterocycles. The van der Waals surface area contributed by atoms with Gasteiger partial charge < -0.3 is 19.1 Å². The number of ketones is 2. The lowest BCUT2D eigenvalue weighted by atomic mass is 9.90. The molecule has 0 aliphatic carbocycles. The molecule has 1 aromatic rings. The van der Waals surface area contributed by atoms with Crippen LogP contribution in [0.1, 0.15) is 83.6 Å². The number of carbonyl (C=O) groups excluding carboxylic acids is 5. The van der Waals surface area contributed by atoms with Gasteiger partial charge in [-0.15, -0.1) is 6.58 Å². The molecule has 0 saturated carbocycles. The van der Waals surface area contributed by atoms with E-state index >= 15 is 0 Å². The first-order valence-corrected chi connectivity index (χ1v) is 16.3. The predicted octanol–water partition coefficient (Wildman–Crippen LogP) is 4.49. The van der Waals surface area contributed by atoms with Crippen LogP contribution in [0.3, 0.4) is 0 Å². The molecule has 3 aliphatic rings. The van der Waals surface area contributed by atoms with E-state index in [0.29, 0.717) is 56.9 Å². The van der Waals surface area contributed by atoms with E-state index < -0.39 is 48.0 Å². The first-order chi connectivity index (χ1) is 21.7. The second kappa shape index (κ2) is 16.6. The average molecular weight is 623 g/mol. The maximum atomic E-state index is 13.7. The van der Waals surface area contributed by atoms with Crippen LogP contribution in [-0.4, -0.2) is 76.8 Å². The molecule has 1 aromatic heterocycles. The van der Waals surface area contributed by atoms with Crippen LogP contribution in [0.2, 0.25) is 0 Å². The lowest BCUT2D eigenvalue weighted by Gasteiger charge is -2.35. The lowest BCUT2D eigenvalue weighted by molar-refractivity contribution is -0.167. The number of rotatable bonds is 5. The maximum absolute atomic E-state index is 13.7. The number of piperidine rings is 1. The molecule has 0 aromatic carbocycles. The molecule has 244 valence electrons. The van der Waals surface area contributed by atoms with Crippen LogP contribution in [0.15, 0.2) is 48.8 Å². The van der Waals surface area contributed by atoms with Crippen molar-refractivity contribution in [2.75, 3.05) is 13.2 Å². The van der Waals surface area contributed by atoms with E-state index in [4.69, 9.17) is 14.2 Å². The van der Waals surface area contributed by atoms with Crippen LogP contribution < -0.4 is 0 Å². The van der Waals surface area contributed by atoms with Crippen molar-refractivity contribution in [1.82, 2.24) is 9.88 Å². The number of aromatic nitrogens is 1. The molecule has 10 nitrogen and oxygen atoms in total. The van der Waals surface area contributed by atoms with Crippen molar-refractivity contribution in [1.29, 1.82) is 0 Å². The molecule has 0 radical (unpaired) electrons. The van der Waals surface area contributed by atoms with Crippen LogP contribution >= 0.6 is 0 Å². The fraction of sp³-hybridized carbons (Fsp3) is 0.600. The number of fused-ring (bicyclic) bond motifs is 3.